The van der Waals surface area contributed by atoms with Gasteiger partial charge in [0.1, 0.15) is 12.2 Å². The van der Waals surface area contributed by atoms with Crippen LogP contribution >= 0.6 is 0 Å². The van der Waals surface area contributed by atoms with Crippen LogP contribution in [0.4, 0.5) is 0 Å². The van der Waals surface area contributed by atoms with Crippen molar-refractivity contribution < 1.29 is 18.9 Å². The molecule has 2 aromatic carbocycles. The Morgan fingerprint density at radius 3 is 1.81 bits per heavy atom. The molecule has 5 atom stereocenters. The van der Waals surface area contributed by atoms with Gasteiger partial charge in [-0.2, -0.15) is 0 Å². The highest BCUT2D eigenvalue weighted by molar-refractivity contribution is 5.14. The quantitative estimate of drug-likeness (QED) is 0.697. The molecular formula is C23H30O4. The first-order valence-electron chi connectivity index (χ1n) is 9.64. The summed E-state index contributed by atoms with van der Waals surface area (Å²) in [6.07, 6.45) is -0.300. The van der Waals surface area contributed by atoms with E-state index in [0.717, 1.165) is 11.1 Å². The Morgan fingerprint density at radius 1 is 0.778 bits per heavy atom. The van der Waals surface area contributed by atoms with E-state index < -0.39 is 0 Å². The Morgan fingerprint density at radius 2 is 1.30 bits per heavy atom. The standard InChI is InChI=1S/C23H30O4/c1-17-18(2)27-21(16-24-3)23(26-15-20-12-8-5-9-13-20)22(17)25-14-19-10-6-4-7-11-19/h4-13,17-18,21-23H,14-16H2,1-3H3. The molecule has 0 N–H and O–H groups in total. The first kappa shape index (κ1) is 20.0. The van der Waals surface area contributed by atoms with E-state index in [1.165, 1.54) is 0 Å². The van der Waals surface area contributed by atoms with Crippen molar-refractivity contribution in [1.29, 1.82) is 0 Å². The minimum Gasteiger partial charge on any atom is -0.382 e. The van der Waals surface area contributed by atoms with Crippen LogP contribution < -0.4 is 0 Å². The molecule has 1 aliphatic rings. The molecule has 1 aliphatic heterocycles. The second-order valence-corrected chi connectivity index (χ2v) is 7.22. The molecule has 27 heavy (non-hydrogen) atoms. The summed E-state index contributed by atoms with van der Waals surface area (Å²) in [4.78, 5) is 0. The first-order chi connectivity index (χ1) is 13.2. The molecule has 0 radical (unpaired) electrons. The van der Waals surface area contributed by atoms with Crippen LogP contribution in [0.2, 0.25) is 0 Å². The molecule has 3 rings (SSSR count). The van der Waals surface area contributed by atoms with E-state index in [-0.39, 0.29) is 30.3 Å². The lowest BCUT2D eigenvalue weighted by molar-refractivity contribution is -0.236. The van der Waals surface area contributed by atoms with Crippen molar-refractivity contribution in [2.45, 2.75) is 51.5 Å². The maximum absolute atomic E-state index is 6.37. The fraction of sp³-hybridized carbons (Fsp3) is 0.478. The Labute approximate surface area is 162 Å². The van der Waals surface area contributed by atoms with Crippen LogP contribution in [0.5, 0.6) is 0 Å². The zero-order valence-corrected chi connectivity index (χ0v) is 16.4. The van der Waals surface area contributed by atoms with Crippen LogP contribution in [0, 0.1) is 5.92 Å². The van der Waals surface area contributed by atoms with Crippen LogP contribution in [-0.4, -0.2) is 38.1 Å². The summed E-state index contributed by atoms with van der Waals surface area (Å²) in [5, 5.41) is 0. The van der Waals surface area contributed by atoms with Gasteiger partial charge in [-0.05, 0) is 18.1 Å². The van der Waals surface area contributed by atoms with Crippen LogP contribution in [0.1, 0.15) is 25.0 Å². The average Bonchev–Trinajstić information content (AvgIpc) is 2.70. The molecule has 146 valence electrons. The number of ether oxygens (including phenoxy) is 4. The van der Waals surface area contributed by atoms with E-state index >= 15 is 0 Å². The normalized spacial score (nSPS) is 28.2. The van der Waals surface area contributed by atoms with E-state index in [1.54, 1.807) is 7.11 Å². The van der Waals surface area contributed by atoms with Gasteiger partial charge >= 0.3 is 0 Å². The molecule has 0 amide bonds. The highest BCUT2D eigenvalue weighted by Gasteiger charge is 2.43. The van der Waals surface area contributed by atoms with Gasteiger partial charge in [-0.15, -0.1) is 0 Å². The Bertz CT molecular complexity index is 661. The van der Waals surface area contributed by atoms with Crippen molar-refractivity contribution in [2.75, 3.05) is 13.7 Å². The van der Waals surface area contributed by atoms with Gasteiger partial charge in [-0.3, -0.25) is 0 Å². The van der Waals surface area contributed by atoms with E-state index in [1.807, 2.05) is 36.4 Å². The van der Waals surface area contributed by atoms with E-state index in [0.29, 0.717) is 19.8 Å². The average molecular weight is 370 g/mol. The van der Waals surface area contributed by atoms with Crippen molar-refractivity contribution in [2.24, 2.45) is 5.92 Å². The third-order valence-electron chi connectivity index (χ3n) is 5.24. The monoisotopic (exact) mass is 370 g/mol. The molecule has 2 aromatic rings. The molecule has 4 heteroatoms. The largest absolute Gasteiger partial charge is 0.382 e. The Kier molecular flexibility index (Phi) is 7.41. The second-order valence-electron chi connectivity index (χ2n) is 7.22. The molecule has 0 spiro atoms. The van der Waals surface area contributed by atoms with Gasteiger partial charge in [0.2, 0.25) is 0 Å². The maximum atomic E-state index is 6.37. The van der Waals surface area contributed by atoms with Gasteiger partial charge in [-0.1, -0.05) is 67.6 Å². The minimum absolute atomic E-state index is 0.0576. The Balaban J connectivity index is 1.73. The number of hydrogen-bond donors (Lipinski definition) is 0. The smallest absolute Gasteiger partial charge is 0.113 e. The summed E-state index contributed by atoms with van der Waals surface area (Å²) in [6.45, 7) is 5.85. The lowest BCUT2D eigenvalue weighted by Gasteiger charge is -2.44. The van der Waals surface area contributed by atoms with Crippen LogP contribution in [0.15, 0.2) is 60.7 Å². The Hall–Kier alpha value is -1.72. The van der Waals surface area contributed by atoms with E-state index in [2.05, 4.69) is 38.1 Å². The third-order valence-corrected chi connectivity index (χ3v) is 5.24. The fourth-order valence-corrected chi connectivity index (χ4v) is 3.54. The van der Waals surface area contributed by atoms with Gasteiger partial charge in [0.05, 0.1) is 32.0 Å². The summed E-state index contributed by atoms with van der Waals surface area (Å²) in [7, 11) is 1.69. The van der Waals surface area contributed by atoms with E-state index in [9.17, 15) is 0 Å². The zero-order chi connectivity index (χ0) is 19.1. The molecule has 5 unspecified atom stereocenters. The molecule has 0 aromatic heterocycles. The molecule has 0 bridgehead atoms. The number of methoxy groups -OCH3 is 1. The van der Waals surface area contributed by atoms with Gasteiger partial charge in [0.25, 0.3) is 0 Å². The molecule has 1 fully saturated rings. The topological polar surface area (TPSA) is 36.9 Å². The summed E-state index contributed by atoms with van der Waals surface area (Å²) in [5.41, 5.74) is 2.30. The highest BCUT2D eigenvalue weighted by atomic mass is 16.6. The molecule has 1 saturated heterocycles. The lowest BCUT2D eigenvalue weighted by Crippen LogP contribution is -2.56. The molecule has 4 nitrogen and oxygen atoms in total. The van der Waals surface area contributed by atoms with Gasteiger partial charge < -0.3 is 18.9 Å². The summed E-state index contributed by atoms with van der Waals surface area (Å²) >= 11 is 0. The summed E-state index contributed by atoms with van der Waals surface area (Å²) in [5.74, 6) is 0.225. The minimum atomic E-state index is -0.180. The van der Waals surface area contributed by atoms with Crippen LogP contribution in [0.3, 0.4) is 0 Å². The first-order valence-corrected chi connectivity index (χ1v) is 9.64. The van der Waals surface area contributed by atoms with Crippen molar-refractivity contribution in [3.63, 3.8) is 0 Å². The predicted octanol–water partition coefficient (Wildman–Crippen LogP) is 4.23. The SMILES string of the molecule is COCC1OC(C)C(C)C(OCc2ccccc2)C1OCc1ccccc1. The van der Waals surface area contributed by atoms with Crippen molar-refractivity contribution >= 4 is 0 Å². The summed E-state index contributed by atoms with van der Waals surface area (Å²) in [6, 6.07) is 20.5. The number of rotatable bonds is 8. The number of benzene rings is 2. The van der Waals surface area contributed by atoms with Crippen molar-refractivity contribution in [1.82, 2.24) is 0 Å². The third kappa shape index (κ3) is 5.39. The predicted molar refractivity (Wildman–Crippen MR) is 105 cm³/mol. The second kappa shape index (κ2) is 10.00. The maximum Gasteiger partial charge on any atom is 0.113 e. The van der Waals surface area contributed by atoms with Gasteiger partial charge in [0, 0.05) is 13.0 Å². The van der Waals surface area contributed by atoms with Crippen LogP contribution in [0.25, 0.3) is 0 Å². The molecule has 0 saturated carbocycles. The summed E-state index contributed by atoms with van der Waals surface area (Å²) < 4.78 is 24.3. The van der Waals surface area contributed by atoms with E-state index in [4.69, 9.17) is 18.9 Å². The molecule has 0 aliphatic carbocycles. The van der Waals surface area contributed by atoms with Crippen molar-refractivity contribution in [3.8, 4) is 0 Å². The lowest BCUT2D eigenvalue weighted by atomic mass is 9.88. The van der Waals surface area contributed by atoms with Gasteiger partial charge in [-0.25, -0.2) is 0 Å². The van der Waals surface area contributed by atoms with Crippen LogP contribution in [-0.2, 0) is 32.2 Å². The molecule has 1 heterocycles. The van der Waals surface area contributed by atoms with Gasteiger partial charge in [0.15, 0.2) is 0 Å². The highest BCUT2D eigenvalue weighted by Crippen LogP contribution is 2.31. The number of hydrogen-bond acceptors (Lipinski definition) is 4. The zero-order valence-electron chi connectivity index (χ0n) is 16.4. The molecular weight excluding hydrogens is 340 g/mol. The fourth-order valence-electron chi connectivity index (χ4n) is 3.54. The van der Waals surface area contributed by atoms with Crippen molar-refractivity contribution in [3.05, 3.63) is 71.8 Å².